The topological polar surface area (TPSA) is 245 Å². The van der Waals surface area contributed by atoms with Crippen LogP contribution < -0.4 is 11.1 Å². The number of phosphoric acid groups is 2. The molecule has 3 heterocycles. The fourth-order valence-electron chi connectivity index (χ4n) is 2.75. The van der Waals surface area contributed by atoms with Gasteiger partial charge in [0.2, 0.25) is 5.95 Å². The molecule has 0 saturated carbocycles. The molecule has 0 radical (unpaired) electrons. The number of anilines is 2. The van der Waals surface area contributed by atoms with Crippen LogP contribution in [0.4, 0.5) is 11.8 Å². The predicted molar refractivity (Wildman–Crippen MR) is 94.1 cm³/mol. The second-order valence-electron chi connectivity index (χ2n) is 5.87. The van der Waals surface area contributed by atoms with Crippen LogP contribution in [0, 0.1) is 0 Å². The number of nitrogens with one attached hydrogen (secondary N) is 1. The molecule has 5 atom stereocenters. The molecule has 1 aliphatic heterocycles. The van der Waals surface area contributed by atoms with Crippen LogP contribution in [-0.4, -0.2) is 76.4 Å². The first-order valence-electron chi connectivity index (χ1n) is 7.85. The first-order chi connectivity index (χ1) is 13.4. The summed E-state index contributed by atoms with van der Waals surface area (Å²) in [7, 11) is -8.94. The van der Waals surface area contributed by atoms with Crippen molar-refractivity contribution in [1.82, 2.24) is 19.5 Å². The molecule has 1 saturated heterocycles. The SMILES string of the molecule is CNc1nc2c(N)ncnc2n1C1O[C@H](COP(=O)(O)OP(=O)(O)O)[C@@H](O)[C@H]1O. The van der Waals surface area contributed by atoms with Gasteiger partial charge < -0.3 is 40.7 Å². The lowest BCUT2D eigenvalue weighted by atomic mass is 10.1. The van der Waals surface area contributed by atoms with Crippen molar-refractivity contribution in [2.75, 3.05) is 24.7 Å². The molecule has 162 valence electrons. The van der Waals surface area contributed by atoms with E-state index in [9.17, 15) is 24.2 Å². The van der Waals surface area contributed by atoms with Crippen molar-refractivity contribution in [3.8, 4) is 0 Å². The quantitative estimate of drug-likeness (QED) is 0.229. The van der Waals surface area contributed by atoms with Crippen LogP contribution in [-0.2, 0) is 22.7 Å². The monoisotopic (exact) mass is 456 g/mol. The summed E-state index contributed by atoms with van der Waals surface area (Å²) in [6.07, 6.45) is -4.62. The van der Waals surface area contributed by atoms with Crippen molar-refractivity contribution in [3.05, 3.63) is 6.33 Å². The summed E-state index contributed by atoms with van der Waals surface area (Å²) in [5.74, 6) is 0.233. The van der Waals surface area contributed by atoms with E-state index in [0.29, 0.717) is 0 Å². The Morgan fingerprint density at radius 3 is 2.59 bits per heavy atom. The second kappa shape index (κ2) is 7.85. The number of imidazole rings is 1. The summed E-state index contributed by atoms with van der Waals surface area (Å²) in [6, 6.07) is 0. The minimum atomic E-state index is -5.31. The standard InChI is InChI=1S/C11H18N6O10P2/c1-13-11-16-5-8(12)14-3-15-9(5)17(11)10-7(19)6(18)4(26-10)2-25-29(23,24)27-28(20,21)22/h3-4,6-7,10,18-19H,2H2,1H3,(H,13,16)(H,23,24)(H2,12,14,15)(H2,20,21,22)/t4-,6-,7-,10?/m1/s1. The van der Waals surface area contributed by atoms with E-state index in [4.69, 9.17) is 20.3 Å². The van der Waals surface area contributed by atoms with Crippen molar-refractivity contribution in [1.29, 1.82) is 0 Å². The summed E-state index contributed by atoms with van der Waals surface area (Å²) < 4.78 is 37.2. The molecule has 0 amide bonds. The number of aliphatic hydroxyl groups excluding tert-OH is 2. The summed E-state index contributed by atoms with van der Waals surface area (Å²) in [6.45, 7) is -0.832. The van der Waals surface area contributed by atoms with Gasteiger partial charge in [0, 0.05) is 7.05 Å². The van der Waals surface area contributed by atoms with E-state index in [2.05, 4.69) is 29.1 Å². The highest BCUT2D eigenvalue weighted by atomic mass is 31.3. The fourth-order valence-corrected chi connectivity index (χ4v) is 4.35. The van der Waals surface area contributed by atoms with Crippen molar-refractivity contribution in [2.45, 2.75) is 24.5 Å². The zero-order valence-electron chi connectivity index (χ0n) is 14.6. The molecule has 0 aromatic carbocycles. The molecule has 2 unspecified atom stereocenters. The Labute approximate surface area is 162 Å². The smallest absolute Gasteiger partial charge is 0.387 e. The highest BCUT2D eigenvalue weighted by Gasteiger charge is 2.46. The zero-order chi connectivity index (χ0) is 21.6. The molecule has 8 N–H and O–H groups in total. The third-order valence-electron chi connectivity index (χ3n) is 3.93. The Kier molecular flexibility index (Phi) is 5.95. The summed E-state index contributed by atoms with van der Waals surface area (Å²) >= 11 is 0. The van der Waals surface area contributed by atoms with E-state index >= 15 is 0 Å². The van der Waals surface area contributed by atoms with Crippen LogP contribution in [0.25, 0.3) is 11.2 Å². The number of aromatic nitrogens is 4. The summed E-state index contributed by atoms with van der Waals surface area (Å²) in [5, 5.41) is 23.4. The second-order valence-corrected chi connectivity index (χ2v) is 8.70. The third kappa shape index (κ3) is 4.57. The van der Waals surface area contributed by atoms with Crippen molar-refractivity contribution in [2.24, 2.45) is 0 Å². The first-order valence-corrected chi connectivity index (χ1v) is 10.9. The Morgan fingerprint density at radius 1 is 1.28 bits per heavy atom. The van der Waals surface area contributed by atoms with E-state index in [0.717, 1.165) is 6.33 Å². The number of hydrogen-bond acceptors (Lipinski definition) is 12. The molecule has 1 fully saturated rings. The van der Waals surface area contributed by atoms with Crippen LogP contribution in [0.15, 0.2) is 6.33 Å². The molecule has 2 aromatic heterocycles. The molecule has 3 rings (SSSR count). The number of hydrogen-bond donors (Lipinski definition) is 7. The Bertz CT molecular complexity index is 996. The van der Waals surface area contributed by atoms with Gasteiger partial charge in [-0.3, -0.25) is 9.09 Å². The van der Waals surface area contributed by atoms with Crippen molar-refractivity contribution in [3.63, 3.8) is 0 Å². The number of ether oxygens (including phenoxy) is 1. The number of nitrogen functional groups attached to an aromatic ring is 1. The maximum absolute atomic E-state index is 11.6. The lowest BCUT2D eigenvalue weighted by molar-refractivity contribution is -0.0493. The molecule has 2 aromatic rings. The molecule has 16 nitrogen and oxygen atoms in total. The molecule has 1 aliphatic rings. The highest BCUT2D eigenvalue weighted by Crippen LogP contribution is 2.57. The van der Waals surface area contributed by atoms with Gasteiger partial charge >= 0.3 is 15.6 Å². The van der Waals surface area contributed by atoms with Crippen molar-refractivity contribution < 1.29 is 47.6 Å². The predicted octanol–water partition coefficient (Wildman–Crippen LogP) is -1.70. The number of fused-ring (bicyclic) bond motifs is 1. The van der Waals surface area contributed by atoms with E-state index in [1.54, 1.807) is 0 Å². The Hall–Kier alpha value is -1.71. The van der Waals surface area contributed by atoms with Gasteiger partial charge in [-0.25, -0.2) is 24.1 Å². The van der Waals surface area contributed by atoms with Gasteiger partial charge in [0.25, 0.3) is 0 Å². The van der Waals surface area contributed by atoms with Crippen LogP contribution in [0.2, 0.25) is 0 Å². The molecule has 0 aliphatic carbocycles. The van der Waals surface area contributed by atoms with Gasteiger partial charge in [-0.15, -0.1) is 0 Å². The number of rotatable bonds is 7. The molecule has 0 spiro atoms. The minimum absolute atomic E-state index is 0.0639. The largest absolute Gasteiger partial charge is 0.481 e. The van der Waals surface area contributed by atoms with Gasteiger partial charge in [0.1, 0.15) is 24.6 Å². The van der Waals surface area contributed by atoms with Gasteiger partial charge in [-0.2, -0.15) is 4.31 Å². The van der Waals surface area contributed by atoms with Gasteiger partial charge in [0.05, 0.1) is 6.61 Å². The number of nitrogens with two attached hydrogens (primary N) is 1. The Balaban J connectivity index is 1.84. The average Bonchev–Trinajstić information content (AvgIpc) is 3.10. The Morgan fingerprint density at radius 2 is 1.97 bits per heavy atom. The molecule has 18 heteroatoms. The van der Waals surface area contributed by atoms with Crippen LogP contribution in [0.1, 0.15) is 6.23 Å². The van der Waals surface area contributed by atoms with Gasteiger partial charge in [-0.05, 0) is 0 Å². The maximum atomic E-state index is 11.6. The van der Waals surface area contributed by atoms with Crippen LogP contribution >= 0.6 is 15.6 Å². The summed E-state index contributed by atoms with van der Waals surface area (Å²) in [5.41, 5.74) is 6.15. The van der Waals surface area contributed by atoms with Gasteiger partial charge in [-0.1, -0.05) is 0 Å². The van der Waals surface area contributed by atoms with Crippen LogP contribution in [0.5, 0.6) is 0 Å². The molecule has 29 heavy (non-hydrogen) atoms. The zero-order valence-corrected chi connectivity index (χ0v) is 16.4. The van der Waals surface area contributed by atoms with Gasteiger partial charge in [0.15, 0.2) is 23.2 Å². The first kappa shape index (κ1) is 22.0. The van der Waals surface area contributed by atoms with E-state index in [-0.39, 0.29) is 22.9 Å². The lowest BCUT2D eigenvalue weighted by Gasteiger charge is -2.19. The molecular weight excluding hydrogens is 438 g/mol. The lowest BCUT2D eigenvalue weighted by Crippen LogP contribution is -2.33. The van der Waals surface area contributed by atoms with Crippen LogP contribution in [0.3, 0.4) is 0 Å². The third-order valence-corrected chi connectivity index (χ3v) is 6.08. The fraction of sp³-hybridized carbons (Fsp3) is 0.545. The average molecular weight is 456 g/mol. The van der Waals surface area contributed by atoms with Crippen molar-refractivity contribution >= 4 is 38.6 Å². The number of phosphoric ester groups is 1. The highest BCUT2D eigenvalue weighted by molar-refractivity contribution is 7.60. The number of nitrogens with zero attached hydrogens (tertiary/aromatic N) is 4. The maximum Gasteiger partial charge on any atom is 0.481 e. The molecular formula is C11H18N6O10P2. The van der Waals surface area contributed by atoms with E-state index in [1.165, 1.54) is 11.6 Å². The summed E-state index contributed by atoms with van der Waals surface area (Å²) in [4.78, 5) is 38.6. The normalized spacial score (nSPS) is 27.2. The number of aliphatic hydroxyl groups is 2. The van der Waals surface area contributed by atoms with E-state index < -0.39 is 46.8 Å². The molecule has 0 bridgehead atoms. The van der Waals surface area contributed by atoms with E-state index in [1.807, 2.05) is 0 Å². The minimum Gasteiger partial charge on any atom is -0.387 e.